The molecule has 1 heterocycles. The first kappa shape index (κ1) is 20.4. The number of benzene rings is 1. The fourth-order valence-corrected chi connectivity index (χ4v) is 1.88. The van der Waals surface area contributed by atoms with E-state index < -0.39 is 23.7 Å². The molecule has 0 bridgehead atoms. The second-order valence-corrected chi connectivity index (χ2v) is 5.85. The predicted octanol–water partition coefficient (Wildman–Crippen LogP) is 3.86. The third-order valence-corrected chi connectivity index (χ3v) is 3.43. The molecule has 1 fully saturated rings. The van der Waals surface area contributed by atoms with Crippen molar-refractivity contribution >= 4 is 17.5 Å². The summed E-state index contributed by atoms with van der Waals surface area (Å²) in [6.45, 7) is -0.0278. The fourth-order valence-electron chi connectivity index (χ4n) is 1.88. The Balaban J connectivity index is 0.000000576. The van der Waals surface area contributed by atoms with Crippen molar-refractivity contribution in [3.05, 3.63) is 53.6 Å². The zero-order valence-corrected chi connectivity index (χ0v) is 14.1. The van der Waals surface area contributed by atoms with Gasteiger partial charge in [-0.25, -0.2) is 9.18 Å². The van der Waals surface area contributed by atoms with E-state index in [-0.39, 0.29) is 17.9 Å². The molecule has 0 aliphatic heterocycles. The molecule has 6 nitrogen and oxygen atoms in total. The summed E-state index contributed by atoms with van der Waals surface area (Å²) >= 11 is 0. The standard InChI is InChI=1S/C14H11F4N3O2.C3H7N/c15-8-1-4-12(11(5-8)14(16,17)18)21-10-3-2-9(19-7-10)6-20-13(22)23;4-3-1-2-3/h1-5,7,20-21H,6H2,(H,22,23);3H,1-2,4H2. The summed E-state index contributed by atoms with van der Waals surface area (Å²) in [7, 11) is 0. The SMILES string of the molecule is NC1CC1.O=C(O)NCc1ccc(Nc2ccc(F)cc2C(F)(F)F)cn1. The molecule has 2 aromatic rings. The van der Waals surface area contributed by atoms with Crippen LogP contribution in [0, 0.1) is 5.82 Å². The van der Waals surface area contributed by atoms with Crippen LogP contribution < -0.4 is 16.4 Å². The van der Waals surface area contributed by atoms with Crippen molar-refractivity contribution in [2.24, 2.45) is 5.73 Å². The lowest BCUT2D eigenvalue weighted by Gasteiger charge is -2.14. The van der Waals surface area contributed by atoms with Gasteiger partial charge in [0.05, 0.1) is 35.4 Å². The molecule has 10 heteroatoms. The lowest BCUT2D eigenvalue weighted by molar-refractivity contribution is -0.137. The molecular formula is C17H18F4N4O2. The maximum absolute atomic E-state index is 13.0. The first-order valence-corrected chi connectivity index (χ1v) is 7.96. The van der Waals surface area contributed by atoms with Gasteiger partial charge >= 0.3 is 12.3 Å². The van der Waals surface area contributed by atoms with Crippen molar-refractivity contribution < 1.29 is 27.5 Å². The predicted molar refractivity (Wildman–Crippen MR) is 91.0 cm³/mol. The number of halogens is 4. The fraction of sp³-hybridized carbons (Fsp3) is 0.294. The van der Waals surface area contributed by atoms with Gasteiger partial charge in [-0.3, -0.25) is 4.98 Å². The number of hydrogen-bond donors (Lipinski definition) is 4. The number of pyridine rings is 1. The zero-order chi connectivity index (χ0) is 20.0. The quantitative estimate of drug-likeness (QED) is 0.598. The van der Waals surface area contributed by atoms with E-state index in [2.05, 4.69) is 15.6 Å². The largest absolute Gasteiger partial charge is 0.465 e. The lowest BCUT2D eigenvalue weighted by atomic mass is 10.1. The number of anilines is 2. The van der Waals surface area contributed by atoms with Crippen molar-refractivity contribution in [1.82, 2.24) is 10.3 Å². The molecule has 0 spiro atoms. The third kappa shape index (κ3) is 7.10. The molecule has 1 aliphatic rings. The van der Waals surface area contributed by atoms with E-state index in [1.807, 2.05) is 0 Å². The van der Waals surface area contributed by atoms with E-state index in [0.29, 0.717) is 17.8 Å². The summed E-state index contributed by atoms with van der Waals surface area (Å²) in [6.07, 6.45) is -2.14. The number of hydrogen-bond acceptors (Lipinski definition) is 4. The number of rotatable bonds is 4. The normalized spacial score (nSPS) is 13.4. The number of aromatic nitrogens is 1. The minimum absolute atomic E-state index is 0.0278. The van der Waals surface area contributed by atoms with Crippen LogP contribution in [0.15, 0.2) is 36.5 Å². The summed E-state index contributed by atoms with van der Waals surface area (Å²) in [5.74, 6) is -0.990. The third-order valence-electron chi connectivity index (χ3n) is 3.43. The Hall–Kier alpha value is -2.88. The maximum Gasteiger partial charge on any atom is 0.418 e. The van der Waals surface area contributed by atoms with Crippen LogP contribution in [0.3, 0.4) is 0 Å². The smallest absolute Gasteiger partial charge is 0.418 e. The molecule has 27 heavy (non-hydrogen) atoms. The van der Waals surface area contributed by atoms with Gasteiger partial charge in [0, 0.05) is 6.04 Å². The van der Waals surface area contributed by atoms with Gasteiger partial charge in [-0.05, 0) is 43.2 Å². The van der Waals surface area contributed by atoms with Gasteiger partial charge in [-0.2, -0.15) is 13.2 Å². The Kier molecular flexibility index (Phi) is 6.56. The molecule has 0 radical (unpaired) electrons. The Morgan fingerprint density at radius 2 is 1.93 bits per heavy atom. The van der Waals surface area contributed by atoms with Crippen molar-refractivity contribution in [2.45, 2.75) is 31.6 Å². The van der Waals surface area contributed by atoms with Crippen LogP contribution in [0.5, 0.6) is 0 Å². The highest BCUT2D eigenvalue weighted by molar-refractivity contribution is 5.65. The summed E-state index contributed by atoms with van der Waals surface area (Å²) in [6, 6.07) is 5.78. The Labute approximate surface area is 152 Å². The van der Waals surface area contributed by atoms with Crippen LogP contribution in [0.25, 0.3) is 0 Å². The van der Waals surface area contributed by atoms with Crippen LogP contribution in [0.2, 0.25) is 0 Å². The van der Waals surface area contributed by atoms with Gasteiger partial charge in [0.15, 0.2) is 0 Å². The van der Waals surface area contributed by atoms with Gasteiger partial charge in [0.1, 0.15) is 5.82 Å². The number of alkyl halides is 3. The van der Waals surface area contributed by atoms with Crippen molar-refractivity contribution in [2.75, 3.05) is 5.32 Å². The minimum Gasteiger partial charge on any atom is -0.465 e. The molecule has 1 saturated carbocycles. The van der Waals surface area contributed by atoms with Crippen molar-refractivity contribution in [3.63, 3.8) is 0 Å². The highest BCUT2D eigenvalue weighted by Gasteiger charge is 2.34. The van der Waals surface area contributed by atoms with Crippen LogP contribution in [-0.2, 0) is 12.7 Å². The van der Waals surface area contributed by atoms with E-state index in [9.17, 15) is 22.4 Å². The van der Waals surface area contributed by atoms with E-state index >= 15 is 0 Å². The molecule has 0 saturated heterocycles. The Morgan fingerprint density at radius 1 is 1.26 bits per heavy atom. The minimum atomic E-state index is -4.71. The van der Waals surface area contributed by atoms with E-state index in [1.165, 1.54) is 31.2 Å². The summed E-state index contributed by atoms with van der Waals surface area (Å²) < 4.78 is 51.7. The average Bonchev–Trinajstić information content (AvgIpc) is 3.37. The second-order valence-electron chi connectivity index (χ2n) is 5.85. The molecule has 146 valence electrons. The first-order valence-electron chi connectivity index (χ1n) is 7.96. The molecule has 0 unspecified atom stereocenters. The van der Waals surface area contributed by atoms with E-state index in [0.717, 1.165) is 12.1 Å². The molecule has 0 atom stereocenters. The van der Waals surface area contributed by atoms with E-state index in [4.69, 9.17) is 10.8 Å². The number of nitrogens with one attached hydrogen (secondary N) is 2. The molecule has 1 aromatic carbocycles. The molecular weight excluding hydrogens is 368 g/mol. The van der Waals surface area contributed by atoms with Crippen molar-refractivity contribution in [1.29, 1.82) is 0 Å². The van der Waals surface area contributed by atoms with E-state index in [1.54, 1.807) is 0 Å². The highest BCUT2D eigenvalue weighted by atomic mass is 19.4. The molecule has 5 N–H and O–H groups in total. The van der Waals surface area contributed by atoms with Gasteiger partial charge in [-0.1, -0.05) is 0 Å². The highest BCUT2D eigenvalue weighted by Crippen LogP contribution is 2.36. The Morgan fingerprint density at radius 3 is 2.41 bits per heavy atom. The summed E-state index contributed by atoms with van der Waals surface area (Å²) in [4.78, 5) is 14.3. The number of carbonyl (C=O) groups is 1. The lowest BCUT2D eigenvalue weighted by Crippen LogP contribution is -2.20. The summed E-state index contributed by atoms with van der Waals surface area (Å²) in [5, 5.41) is 13.1. The van der Waals surface area contributed by atoms with Gasteiger partial charge in [0.2, 0.25) is 0 Å². The van der Waals surface area contributed by atoms with Crippen molar-refractivity contribution in [3.8, 4) is 0 Å². The van der Waals surface area contributed by atoms with Gasteiger partial charge in [-0.15, -0.1) is 0 Å². The maximum atomic E-state index is 13.0. The van der Waals surface area contributed by atoms with Crippen LogP contribution in [-0.4, -0.2) is 22.2 Å². The topological polar surface area (TPSA) is 100 Å². The molecule has 1 aliphatic carbocycles. The Bertz CT molecular complexity index is 777. The molecule has 1 aromatic heterocycles. The monoisotopic (exact) mass is 386 g/mol. The van der Waals surface area contributed by atoms with Gasteiger partial charge < -0.3 is 21.5 Å². The zero-order valence-electron chi connectivity index (χ0n) is 14.1. The van der Waals surface area contributed by atoms with Crippen LogP contribution in [0.4, 0.5) is 33.7 Å². The second kappa shape index (κ2) is 8.67. The first-order chi connectivity index (χ1) is 12.6. The molecule has 3 rings (SSSR count). The van der Waals surface area contributed by atoms with Crippen LogP contribution in [0.1, 0.15) is 24.1 Å². The number of amides is 1. The summed E-state index contributed by atoms with van der Waals surface area (Å²) in [5.41, 5.74) is 4.43. The number of nitrogens with zero attached hydrogens (tertiary/aromatic N) is 1. The number of nitrogens with two attached hydrogens (primary N) is 1. The van der Waals surface area contributed by atoms with Crippen LogP contribution >= 0.6 is 0 Å². The average molecular weight is 386 g/mol. The van der Waals surface area contributed by atoms with Gasteiger partial charge in [0.25, 0.3) is 0 Å². The number of carboxylic acid groups (broad SMARTS) is 1. The molecule has 1 amide bonds.